The van der Waals surface area contributed by atoms with Crippen LogP contribution in [0.4, 0.5) is 17.6 Å². The normalized spacial score (nSPS) is 16.6. The minimum Gasteiger partial charge on any atom is -0.503 e. The molecule has 1 atom stereocenters. The second-order valence-corrected chi connectivity index (χ2v) is 7.05. The largest absolute Gasteiger partial charge is 0.503 e. The van der Waals surface area contributed by atoms with Gasteiger partial charge in [-0.25, -0.2) is 4.39 Å². The van der Waals surface area contributed by atoms with Crippen LogP contribution in [0.2, 0.25) is 0 Å². The summed E-state index contributed by atoms with van der Waals surface area (Å²) in [6.07, 6.45) is -4.75. The molecule has 2 aromatic rings. The number of amides is 2. The van der Waals surface area contributed by atoms with Crippen LogP contribution in [0.15, 0.2) is 59.9 Å². The summed E-state index contributed by atoms with van der Waals surface area (Å²) in [6.45, 7) is -0.255. The summed E-state index contributed by atoms with van der Waals surface area (Å²) in [7, 11) is 1.35. The van der Waals surface area contributed by atoms with Crippen molar-refractivity contribution >= 4 is 11.8 Å². The van der Waals surface area contributed by atoms with Gasteiger partial charge in [0, 0.05) is 20.2 Å². The molecule has 2 N–H and O–H groups in total. The molecule has 0 fully saturated rings. The summed E-state index contributed by atoms with van der Waals surface area (Å²) < 4.78 is 59.0. The highest BCUT2D eigenvalue weighted by atomic mass is 19.4. The number of nitrogens with one attached hydrogen (secondary N) is 1. The molecule has 2 aromatic carbocycles. The van der Waals surface area contributed by atoms with Gasteiger partial charge in [0.1, 0.15) is 5.82 Å². The molecule has 1 heterocycles. The van der Waals surface area contributed by atoms with Gasteiger partial charge >= 0.3 is 6.18 Å². The molecule has 2 amide bonds. The predicted molar refractivity (Wildman–Crippen MR) is 106 cm³/mol. The van der Waals surface area contributed by atoms with E-state index >= 15 is 0 Å². The van der Waals surface area contributed by atoms with E-state index in [-0.39, 0.29) is 25.3 Å². The number of ether oxygens (including phenoxy) is 1. The van der Waals surface area contributed by atoms with Gasteiger partial charge in [-0.05, 0) is 29.3 Å². The topological polar surface area (TPSA) is 78.9 Å². The van der Waals surface area contributed by atoms with E-state index in [0.29, 0.717) is 5.56 Å². The third-order valence-corrected chi connectivity index (χ3v) is 5.01. The van der Waals surface area contributed by atoms with Crippen LogP contribution in [0, 0.1) is 5.82 Å². The van der Waals surface area contributed by atoms with Gasteiger partial charge in [-0.2, -0.15) is 13.2 Å². The van der Waals surface area contributed by atoms with Crippen molar-refractivity contribution in [1.29, 1.82) is 0 Å². The van der Waals surface area contributed by atoms with Crippen molar-refractivity contribution in [3.63, 3.8) is 0 Å². The van der Waals surface area contributed by atoms with Crippen molar-refractivity contribution in [1.82, 2.24) is 10.2 Å². The highest BCUT2D eigenvalue weighted by molar-refractivity contribution is 6.08. The molecule has 3 rings (SSSR count). The summed E-state index contributed by atoms with van der Waals surface area (Å²) in [5, 5.41) is 12.9. The number of carbonyl (C=O) groups is 2. The van der Waals surface area contributed by atoms with Crippen molar-refractivity contribution < 1.29 is 37.0 Å². The Morgan fingerprint density at radius 3 is 2.44 bits per heavy atom. The molecule has 1 unspecified atom stereocenters. The maximum absolute atomic E-state index is 13.7. The van der Waals surface area contributed by atoms with Gasteiger partial charge in [0.05, 0.1) is 23.8 Å². The van der Waals surface area contributed by atoms with Gasteiger partial charge in [-0.3, -0.25) is 9.59 Å². The second-order valence-electron chi connectivity index (χ2n) is 7.05. The van der Waals surface area contributed by atoms with E-state index in [9.17, 15) is 32.3 Å². The van der Waals surface area contributed by atoms with E-state index in [0.717, 1.165) is 17.0 Å². The van der Waals surface area contributed by atoms with Crippen LogP contribution in [0.5, 0.6) is 0 Å². The van der Waals surface area contributed by atoms with Crippen LogP contribution < -0.4 is 5.32 Å². The van der Waals surface area contributed by atoms with Gasteiger partial charge in [-0.1, -0.05) is 30.3 Å². The number of halogens is 4. The molecule has 0 aliphatic carbocycles. The third-order valence-electron chi connectivity index (χ3n) is 5.01. The van der Waals surface area contributed by atoms with E-state index in [2.05, 4.69) is 5.32 Å². The Morgan fingerprint density at radius 2 is 1.81 bits per heavy atom. The zero-order valence-corrected chi connectivity index (χ0v) is 16.9. The summed E-state index contributed by atoms with van der Waals surface area (Å²) in [6, 6.07) is 8.30. The maximum Gasteiger partial charge on any atom is 0.416 e. The standard InChI is InChI=1S/C22H20F4N2O4/c1-32-11-10-28-18(15-4-2-3-5-16(15)22(24,25)26)17(19(29)21(28)31)20(30)27-12-13-6-8-14(23)9-7-13/h2-9,18,29H,10-12H2,1H3,(H,27,30). The quantitative estimate of drug-likeness (QED) is 0.631. The van der Waals surface area contributed by atoms with Crippen molar-refractivity contribution in [2.75, 3.05) is 20.3 Å². The number of aliphatic hydroxyl groups excluding tert-OH is 1. The lowest BCUT2D eigenvalue weighted by molar-refractivity contribution is -0.140. The number of benzene rings is 2. The molecule has 170 valence electrons. The lowest BCUT2D eigenvalue weighted by Gasteiger charge is -2.28. The molecule has 6 nitrogen and oxygen atoms in total. The number of methoxy groups -OCH3 is 1. The summed E-state index contributed by atoms with van der Waals surface area (Å²) >= 11 is 0. The van der Waals surface area contributed by atoms with Crippen LogP contribution in [-0.4, -0.2) is 42.1 Å². The van der Waals surface area contributed by atoms with Crippen LogP contribution in [-0.2, 0) is 27.0 Å². The number of hydrogen-bond acceptors (Lipinski definition) is 4. The second kappa shape index (κ2) is 9.39. The van der Waals surface area contributed by atoms with E-state index in [4.69, 9.17) is 4.74 Å². The first kappa shape index (κ1) is 23.3. The van der Waals surface area contributed by atoms with Crippen LogP contribution in [0.25, 0.3) is 0 Å². The van der Waals surface area contributed by atoms with Gasteiger partial charge in [0.2, 0.25) is 0 Å². The Labute approximate surface area is 181 Å². The smallest absolute Gasteiger partial charge is 0.416 e. The Morgan fingerprint density at radius 1 is 1.16 bits per heavy atom. The minimum absolute atomic E-state index is 0.0197. The van der Waals surface area contributed by atoms with E-state index in [1.165, 1.54) is 43.5 Å². The van der Waals surface area contributed by atoms with Crippen LogP contribution in [0.3, 0.4) is 0 Å². The molecule has 0 saturated heterocycles. The Kier molecular flexibility index (Phi) is 6.83. The summed E-state index contributed by atoms with van der Waals surface area (Å²) in [4.78, 5) is 26.5. The summed E-state index contributed by atoms with van der Waals surface area (Å²) in [5.41, 5.74) is -1.35. The van der Waals surface area contributed by atoms with Crippen molar-refractivity contribution in [2.24, 2.45) is 0 Å². The average molecular weight is 452 g/mol. The van der Waals surface area contributed by atoms with Crippen LogP contribution >= 0.6 is 0 Å². The van der Waals surface area contributed by atoms with E-state index < -0.39 is 46.7 Å². The molecule has 0 saturated carbocycles. The molecule has 1 aliphatic heterocycles. The Bertz CT molecular complexity index is 1030. The number of rotatable bonds is 7. The molecule has 10 heteroatoms. The number of carbonyl (C=O) groups excluding carboxylic acids is 2. The highest BCUT2D eigenvalue weighted by Crippen LogP contribution is 2.43. The molecule has 0 bridgehead atoms. The highest BCUT2D eigenvalue weighted by Gasteiger charge is 2.46. The summed E-state index contributed by atoms with van der Waals surface area (Å²) in [5.74, 6) is -3.29. The number of nitrogens with zero attached hydrogens (tertiary/aromatic N) is 1. The minimum atomic E-state index is -4.75. The van der Waals surface area contributed by atoms with Gasteiger partial charge in [-0.15, -0.1) is 0 Å². The third kappa shape index (κ3) is 4.75. The molecular weight excluding hydrogens is 432 g/mol. The lowest BCUT2D eigenvalue weighted by Crippen LogP contribution is -2.36. The molecule has 0 spiro atoms. The number of alkyl halides is 3. The zero-order valence-electron chi connectivity index (χ0n) is 16.9. The fourth-order valence-electron chi connectivity index (χ4n) is 3.50. The fourth-order valence-corrected chi connectivity index (χ4v) is 3.50. The van der Waals surface area contributed by atoms with Crippen LogP contribution in [0.1, 0.15) is 22.7 Å². The van der Waals surface area contributed by atoms with Crippen molar-refractivity contribution in [3.05, 3.63) is 82.4 Å². The Balaban J connectivity index is 1.99. The first-order chi connectivity index (χ1) is 15.1. The number of hydrogen-bond donors (Lipinski definition) is 2. The lowest BCUT2D eigenvalue weighted by atomic mass is 9.93. The van der Waals surface area contributed by atoms with E-state index in [1.807, 2.05) is 0 Å². The van der Waals surface area contributed by atoms with Gasteiger partial charge < -0.3 is 20.1 Å². The maximum atomic E-state index is 13.7. The van der Waals surface area contributed by atoms with Crippen molar-refractivity contribution in [3.8, 4) is 0 Å². The zero-order chi connectivity index (χ0) is 23.5. The van der Waals surface area contributed by atoms with Gasteiger partial charge in [0.15, 0.2) is 5.76 Å². The average Bonchev–Trinajstić information content (AvgIpc) is 3.01. The fraction of sp³-hybridized carbons (Fsp3) is 0.273. The molecule has 32 heavy (non-hydrogen) atoms. The SMILES string of the molecule is COCCN1C(=O)C(O)=C(C(=O)NCc2ccc(F)cc2)C1c1ccccc1C(F)(F)F. The van der Waals surface area contributed by atoms with E-state index in [1.54, 1.807) is 0 Å². The monoisotopic (exact) mass is 452 g/mol. The first-order valence-corrected chi connectivity index (χ1v) is 9.57. The predicted octanol–water partition coefficient (Wildman–Crippen LogP) is 3.50. The molecular formula is C22H20F4N2O4. The Hall–Kier alpha value is -3.40. The number of aliphatic hydroxyl groups is 1. The molecule has 1 aliphatic rings. The van der Waals surface area contributed by atoms with Crippen molar-refractivity contribution in [2.45, 2.75) is 18.8 Å². The van der Waals surface area contributed by atoms with Gasteiger partial charge in [0.25, 0.3) is 11.8 Å². The molecule has 0 radical (unpaired) electrons. The molecule has 0 aromatic heterocycles. The first-order valence-electron chi connectivity index (χ1n) is 9.57.